The van der Waals surface area contributed by atoms with Crippen LogP contribution in [0, 0.1) is 5.95 Å². The number of carbonyl (C=O) groups excluding carboxylic acids is 2. The van der Waals surface area contributed by atoms with Crippen LogP contribution in [-0.2, 0) is 9.59 Å². The molecule has 1 aromatic rings. The van der Waals surface area contributed by atoms with Crippen LogP contribution in [0.15, 0.2) is 18.3 Å². The molecule has 1 heterocycles. The molecule has 7 nitrogen and oxygen atoms in total. The first-order valence-electron chi connectivity index (χ1n) is 4.81. The van der Waals surface area contributed by atoms with E-state index in [0.717, 1.165) is 12.3 Å². The minimum Gasteiger partial charge on any atom is -0.480 e. The van der Waals surface area contributed by atoms with Crippen molar-refractivity contribution in [2.45, 2.75) is 0 Å². The summed E-state index contributed by atoms with van der Waals surface area (Å²) in [5, 5.41) is 8.61. The summed E-state index contributed by atoms with van der Waals surface area (Å²) in [5.41, 5.74) is 4.80. The van der Waals surface area contributed by atoms with Gasteiger partial charge in [0.2, 0.25) is 11.9 Å². The largest absolute Gasteiger partial charge is 0.480 e. The van der Waals surface area contributed by atoms with E-state index in [2.05, 4.69) is 4.98 Å². The van der Waals surface area contributed by atoms with Crippen LogP contribution in [0.1, 0.15) is 10.4 Å². The number of aliphatic carboxylic acids is 1. The van der Waals surface area contributed by atoms with Crippen molar-refractivity contribution in [2.24, 2.45) is 5.73 Å². The molecule has 0 aliphatic heterocycles. The Hall–Kier alpha value is -2.51. The minimum absolute atomic E-state index is 0.106. The summed E-state index contributed by atoms with van der Waals surface area (Å²) in [6.07, 6.45) is 1.06. The van der Waals surface area contributed by atoms with Gasteiger partial charge in [0.15, 0.2) is 0 Å². The molecule has 0 radical (unpaired) electrons. The molecular weight excluding hydrogens is 245 g/mol. The number of nitrogens with zero attached hydrogens (tertiary/aromatic N) is 2. The second-order valence-corrected chi connectivity index (χ2v) is 3.39. The monoisotopic (exact) mass is 255 g/mol. The van der Waals surface area contributed by atoms with E-state index in [9.17, 15) is 18.8 Å². The van der Waals surface area contributed by atoms with Gasteiger partial charge in [0.25, 0.3) is 5.91 Å². The molecule has 8 heteroatoms. The highest BCUT2D eigenvalue weighted by Gasteiger charge is 2.20. The van der Waals surface area contributed by atoms with E-state index < -0.39 is 36.8 Å². The van der Waals surface area contributed by atoms with Gasteiger partial charge in [-0.15, -0.1) is 0 Å². The van der Waals surface area contributed by atoms with E-state index in [1.54, 1.807) is 0 Å². The molecule has 2 amide bonds. The summed E-state index contributed by atoms with van der Waals surface area (Å²) < 4.78 is 12.8. The number of carboxylic acid groups (broad SMARTS) is 1. The smallest absolute Gasteiger partial charge is 0.323 e. The molecule has 18 heavy (non-hydrogen) atoms. The number of carboxylic acids is 1. The van der Waals surface area contributed by atoms with Crippen LogP contribution in [0.4, 0.5) is 4.39 Å². The molecular formula is C10H10FN3O4. The molecule has 96 valence electrons. The zero-order chi connectivity index (χ0) is 13.7. The third-order valence-corrected chi connectivity index (χ3v) is 1.93. The van der Waals surface area contributed by atoms with E-state index in [-0.39, 0.29) is 5.56 Å². The first kappa shape index (κ1) is 13.6. The predicted octanol–water partition coefficient (Wildman–Crippen LogP) is -0.767. The van der Waals surface area contributed by atoms with Gasteiger partial charge in [-0.1, -0.05) is 0 Å². The molecule has 1 rings (SSSR count). The highest BCUT2D eigenvalue weighted by molar-refractivity contribution is 5.97. The van der Waals surface area contributed by atoms with Gasteiger partial charge in [0.05, 0.1) is 0 Å². The Morgan fingerprint density at radius 2 is 2.06 bits per heavy atom. The zero-order valence-electron chi connectivity index (χ0n) is 9.17. The standard InChI is InChI=1S/C10H10FN3O4/c11-7-3-6(1-2-13-7)10(18)14(4-8(12)15)5-9(16)17/h1-3H,4-5H2,(H2,12,15)(H,16,17). The van der Waals surface area contributed by atoms with Crippen molar-refractivity contribution in [2.75, 3.05) is 13.1 Å². The lowest BCUT2D eigenvalue weighted by molar-refractivity contribution is -0.138. The van der Waals surface area contributed by atoms with Crippen LogP contribution in [0.3, 0.4) is 0 Å². The normalized spacial score (nSPS) is 9.83. The van der Waals surface area contributed by atoms with Crippen LogP contribution < -0.4 is 5.73 Å². The third kappa shape index (κ3) is 3.81. The van der Waals surface area contributed by atoms with Gasteiger partial charge in [-0.25, -0.2) is 4.98 Å². The van der Waals surface area contributed by atoms with E-state index in [4.69, 9.17) is 10.8 Å². The van der Waals surface area contributed by atoms with Crippen molar-refractivity contribution in [3.8, 4) is 0 Å². The molecule has 0 saturated heterocycles. The minimum atomic E-state index is -1.31. The third-order valence-electron chi connectivity index (χ3n) is 1.93. The Morgan fingerprint density at radius 1 is 1.39 bits per heavy atom. The van der Waals surface area contributed by atoms with Crippen molar-refractivity contribution in [3.05, 3.63) is 29.8 Å². The van der Waals surface area contributed by atoms with Crippen LogP contribution >= 0.6 is 0 Å². The van der Waals surface area contributed by atoms with Crippen molar-refractivity contribution in [1.29, 1.82) is 0 Å². The maximum Gasteiger partial charge on any atom is 0.323 e. The lowest BCUT2D eigenvalue weighted by Crippen LogP contribution is -2.41. The molecule has 3 N–H and O–H groups in total. The highest BCUT2D eigenvalue weighted by atomic mass is 19.1. The summed E-state index contributed by atoms with van der Waals surface area (Å²) in [5.74, 6) is -3.86. The quantitative estimate of drug-likeness (QED) is 0.671. The summed E-state index contributed by atoms with van der Waals surface area (Å²) in [6.45, 7) is -1.26. The van der Waals surface area contributed by atoms with Crippen LogP contribution in [0.5, 0.6) is 0 Å². The Bertz CT molecular complexity index is 476. The lowest BCUT2D eigenvalue weighted by Gasteiger charge is -2.18. The van der Waals surface area contributed by atoms with E-state index in [0.29, 0.717) is 4.90 Å². The molecule has 0 aliphatic rings. The number of halogens is 1. The second-order valence-electron chi connectivity index (χ2n) is 3.39. The zero-order valence-corrected chi connectivity index (χ0v) is 9.17. The number of rotatable bonds is 5. The second kappa shape index (κ2) is 5.71. The number of hydrogen-bond donors (Lipinski definition) is 2. The molecule has 0 aromatic carbocycles. The maximum absolute atomic E-state index is 12.8. The molecule has 0 spiro atoms. The van der Waals surface area contributed by atoms with Crippen LogP contribution in [0.2, 0.25) is 0 Å². The van der Waals surface area contributed by atoms with Gasteiger partial charge in [-0.3, -0.25) is 14.4 Å². The molecule has 0 aliphatic carbocycles. The first-order chi connectivity index (χ1) is 8.40. The Kier molecular flexibility index (Phi) is 4.30. The Labute approximate surface area is 101 Å². The Balaban J connectivity index is 2.94. The van der Waals surface area contributed by atoms with Crippen molar-refractivity contribution >= 4 is 17.8 Å². The van der Waals surface area contributed by atoms with Crippen molar-refractivity contribution < 1.29 is 23.9 Å². The fraction of sp³-hybridized carbons (Fsp3) is 0.200. The van der Waals surface area contributed by atoms with Crippen molar-refractivity contribution in [1.82, 2.24) is 9.88 Å². The highest BCUT2D eigenvalue weighted by Crippen LogP contribution is 2.05. The molecule has 0 bridgehead atoms. The van der Waals surface area contributed by atoms with Gasteiger partial charge in [-0.2, -0.15) is 4.39 Å². The fourth-order valence-electron chi connectivity index (χ4n) is 1.27. The summed E-state index contributed by atoms with van der Waals surface area (Å²) in [6, 6.07) is 2.05. The lowest BCUT2D eigenvalue weighted by atomic mass is 10.2. The van der Waals surface area contributed by atoms with E-state index in [1.165, 1.54) is 6.07 Å². The summed E-state index contributed by atoms with van der Waals surface area (Å²) in [7, 11) is 0. The number of pyridine rings is 1. The fourth-order valence-corrected chi connectivity index (χ4v) is 1.27. The first-order valence-corrected chi connectivity index (χ1v) is 4.81. The molecule has 0 saturated carbocycles. The predicted molar refractivity (Wildman–Crippen MR) is 56.9 cm³/mol. The van der Waals surface area contributed by atoms with Gasteiger partial charge >= 0.3 is 5.97 Å². The molecule has 0 unspecified atom stereocenters. The van der Waals surface area contributed by atoms with Crippen molar-refractivity contribution in [3.63, 3.8) is 0 Å². The number of primary amides is 1. The van der Waals surface area contributed by atoms with Gasteiger partial charge in [-0.05, 0) is 6.07 Å². The van der Waals surface area contributed by atoms with Gasteiger partial charge in [0, 0.05) is 17.8 Å². The average Bonchev–Trinajstić information content (AvgIpc) is 2.26. The van der Waals surface area contributed by atoms with E-state index >= 15 is 0 Å². The number of carbonyl (C=O) groups is 3. The number of nitrogens with two attached hydrogens (primary N) is 1. The molecule has 0 fully saturated rings. The molecule has 0 atom stereocenters. The Morgan fingerprint density at radius 3 is 2.56 bits per heavy atom. The average molecular weight is 255 g/mol. The summed E-state index contributed by atoms with van der Waals surface area (Å²) in [4.78, 5) is 37.1. The molecule has 1 aromatic heterocycles. The van der Waals surface area contributed by atoms with Gasteiger partial charge < -0.3 is 15.7 Å². The van der Waals surface area contributed by atoms with E-state index in [1.807, 2.05) is 0 Å². The SMILES string of the molecule is NC(=O)CN(CC(=O)O)C(=O)c1ccnc(F)c1. The topological polar surface area (TPSA) is 114 Å². The van der Waals surface area contributed by atoms with Crippen LogP contribution in [0.25, 0.3) is 0 Å². The van der Waals surface area contributed by atoms with Gasteiger partial charge in [0.1, 0.15) is 13.1 Å². The number of hydrogen-bond acceptors (Lipinski definition) is 4. The summed E-state index contributed by atoms with van der Waals surface area (Å²) >= 11 is 0. The number of amides is 2. The maximum atomic E-state index is 12.8. The van der Waals surface area contributed by atoms with Crippen LogP contribution in [-0.4, -0.2) is 45.9 Å². The number of aromatic nitrogens is 1.